The summed E-state index contributed by atoms with van der Waals surface area (Å²) < 4.78 is 1.77. The van der Waals surface area contributed by atoms with Gasteiger partial charge < -0.3 is 5.32 Å². The van der Waals surface area contributed by atoms with Crippen molar-refractivity contribution in [3.8, 4) is 11.3 Å². The number of hydrogen-bond donors (Lipinski definition) is 1. The smallest absolute Gasteiger partial charge is 0.251 e. The van der Waals surface area contributed by atoms with Crippen molar-refractivity contribution in [2.24, 2.45) is 12.0 Å². The summed E-state index contributed by atoms with van der Waals surface area (Å²) in [6, 6.07) is 9.96. The van der Waals surface area contributed by atoms with E-state index in [-0.39, 0.29) is 5.91 Å². The number of carbonyl (C=O) groups excluding carboxylic acids is 1. The van der Waals surface area contributed by atoms with Crippen LogP contribution in [0.4, 0.5) is 0 Å². The third kappa shape index (κ3) is 6.74. The van der Waals surface area contributed by atoms with Crippen molar-refractivity contribution < 1.29 is 4.79 Å². The van der Waals surface area contributed by atoms with Crippen LogP contribution in [0, 0.1) is 6.92 Å². The fourth-order valence-electron chi connectivity index (χ4n) is 3.21. The van der Waals surface area contributed by atoms with Crippen LogP contribution in [0.15, 0.2) is 65.6 Å². The molecule has 3 aromatic rings. The number of aryl methyl sites for hydroxylation is 1. The molecule has 1 aromatic carbocycles. The van der Waals surface area contributed by atoms with Crippen LogP contribution in [0.1, 0.15) is 47.8 Å². The first-order chi connectivity index (χ1) is 15.5. The Bertz CT molecular complexity index is 1100. The van der Waals surface area contributed by atoms with Gasteiger partial charge in [-0.2, -0.15) is 5.10 Å². The number of hydrogen-bond acceptors (Lipinski definition) is 4. The van der Waals surface area contributed by atoms with Crippen molar-refractivity contribution in [2.45, 2.75) is 34.1 Å². The van der Waals surface area contributed by atoms with E-state index in [1.807, 2.05) is 77.6 Å². The van der Waals surface area contributed by atoms with E-state index in [1.165, 1.54) is 0 Å². The van der Waals surface area contributed by atoms with Crippen molar-refractivity contribution in [2.75, 3.05) is 13.6 Å². The minimum absolute atomic E-state index is 0.0682. The number of amides is 1. The molecular weight excluding hydrogens is 398 g/mol. The molecule has 0 fully saturated rings. The highest BCUT2D eigenvalue weighted by atomic mass is 16.1. The van der Waals surface area contributed by atoms with Crippen LogP contribution in [0.5, 0.6) is 0 Å². The van der Waals surface area contributed by atoms with Crippen molar-refractivity contribution >= 4 is 12.1 Å². The maximum absolute atomic E-state index is 12.7. The van der Waals surface area contributed by atoms with Crippen molar-refractivity contribution in [3.05, 3.63) is 82.8 Å². The van der Waals surface area contributed by atoms with E-state index in [0.717, 1.165) is 39.9 Å². The number of pyridine rings is 1. The van der Waals surface area contributed by atoms with Crippen LogP contribution in [-0.4, -0.2) is 40.5 Å². The molecule has 2 heterocycles. The third-order valence-corrected chi connectivity index (χ3v) is 4.95. The minimum atomic E-state index is -0.0682. The molecule has 0 aliphatic heterocycles. The average molecular weight is 432 g/mol. The molecule has 6 nitrogen and oxygen atoms in total. The van der Waals surface area contributed by atoms with Gasteiger partial charge >= 0.3 is 0 Å². The Morgan fingerprint density at radius 2 is 2.03 bits per heavy atom. The van der Waals surface area contributed by atoms with Gasteiger partial charge in [-0.3, -0.25) is 19.5 Å². The van der Waals surface area contributed by atoms with Crippen LogP contribution in [0.25, 0.3) is 11.3 Å². The van der Waals surface area contributed by atoms with Crippen molar-refractivity contribution in [1.29, 1.82) is 0 Å². The summed E-state index contributed by atoms with van der Waals surface area (Å²) in [6.07, 6.45) is 9.93. The van der Waals surface area contributed by atoms with Crippen molar-refractivity contribution in [1.82, 2.24) is 20.1 Å². The van der Waals surface area contributed by atoms with E-state index in [1.54, 1.807) is 17.9 Å². The summed E-state index contributed by atoms with van der Waals surface area (Å²) >= 11 is 0. The van der Waals surface area contributed by atoms with Crippen molar-refractivity contribution in [3.63, 3.8) is 0 Å². The van der Waals surface area contributed by atoms with Crippen LogP contribution < -0.4 is 5.32 Å². The van der Waals surface area contributed by atoms with Gasteiger partial charge in [-0.15, -0.1) is 0 Å². The SMILES string of the molecule is CC.CN=C/C=C(\C)CNC(=O)c1cccc(Cc2ccnc(-c3cnn(C)c3)c2)c1C. The number of allylic oxidation sites excluding steroid dienone is 1. The zero-order valence-electron chi connectivity index (χ0n) is 19.9. The number of aliphatic imine (C=N–C) groups is 1. The van der Waals surface area contributed by atoms with Crippen LogP contribution in [0.3, 0.4) is 0 Å². The minimum Gasteiger partial charge on any atom is -0.348 e. The van der Waals surface area contributed by atoms with Gasteiger partial charge in [-0.1, -0.05) is 31.6 Å². The molecule has 0 spiro atoms. The van der Waals surface area contributed by atoms with E-state index >= 15 is 0 Å². The molecule has 0 bridgehead atoms. The Balaban J connectivity index is 0.00000176. The lowest BCUT2D eigenvalue weighted by Crippen LogP contribution is -2.26. The predicted octanol–water partition coefficient (Wildman–Crippen LogP) is 4.78. The molecule has 6 heteroatoms. The summed E-state index contributed by atoms with van der Waals surface area (Å²) in [5, 5.41) is 7.20. The summed E-state index contributed by atoms with van der Waals surface area (Å²) in [5.74, 6) is -0.0682. The number of carbonyl (C=O) groups is 1. The number of aromatic nitrogens is 3. The molecular formula is C26H33N5O. The highest BCUT2D eigenvalue weighted by molar-refractivity contribution is 5.96. The predicted molar refractivity (Wildman–Crippen MR) is 132 cm³/mol. The highest BCUT2D eigenvalue weighted by Gasteiger charge is 2.12. The normalized spacial score (nSPS) is 11.2. The third-order valence-electron chi connectivity index (χ3n) is 4.95. The lowest BCUT2D eigenvalue weighted by atomic mass is 9.96. The Hall–Kier alpha value is -3.54. The zero-order chi connectivity index (χ0) is 23.5. The van der Waals surface area contributed by atoms with E-state index in [4.69, 9.17) is 0 Å². The first-order valence-corrected chi connectivity index (χ1v) is 10.9. The Labute approximate surface area is 191 Å². The van der Waals surface area contributed by atoms with Crippen LogP contribution >= 0.6 is 0 Å². The lowest BCUT2D eigenvalue weighted by Gasteiger charge is -2.12. The van der Waals surface area contributed by atoms with E-state index < -0.39 is 0 Å². The Morgan fingerprint density at radius 3 is 2.72 bits per heavy atom. The first kappa shape index (κ1) is 24.7. The Morgan fingerprint density at radius 1 is 1.25 bits per heavy atom. The number of nitrogens with one attached hydrogen (secondary N) is 1. The van der Waals surface area contributed by atoms with Gasteiger partial charge in [0.2, 0.25) is 0 Å². The van der Waals surface area contributed by atoms with Crippen LogP contribution in [-0.2, 0) is 13.5 Å². The lowest BCUT2D eigenvalue weighted by molar-refractivity contribution is 0.0956. The Kier molecular flexibility index (Phi) is 9.54. The molecule has 0 atom stereocenters. The van der Waals surface area contributed by atoms with Gasteiger partial charge in [0.05, 0.1) is 11.9 Å². The quantitative estimate of drug-likeness (QED) is 0.547. The van der Waals surface area contributed by atoms with Gasteiger partial charge in [0.25, 0.3) is 5.91 Å². The fourth-order valence-corrected chi connectivity index (χ4v) is 3.21. The standard InChI is InChI=1S/C24H27N5O.C2H6/c1-17(8-10-25-3)14-27-24(30)22-7-5-6-20(18(22)2)12-19-9-11-26-23(13-19)21-15-28-29(4)16-21;1-2/h5-11,13,15-16H,12,14H2,1-4H3,(H,27,30);1-2H3/b17-8+,25-10?;. The number of benzene rings is 1. The molecule has 3 rings (SSSR count). The van der Waals surface area contributed by atoms with Crippen LogP contribution in [0.2, 0.25) is 0 Å². The number of rotatable bonds is 7. The fraction of sp³-hybridized carbons (Fsp3) is 0.308. The topological polar surface area (TPSA) is 72.2 Å². The second-order valence-electron chi connectivity index (χ2n) is 7.32. The molecule has 0 aliphatic carbocycles. The second-order valence-corrected chi connectivity index (χ2v) is 7.32. The second kappa shape index (κ2) is 12.3. The summed E-state index contributed by atoms with van der Waals surface area (Å²) in [6.45, 7) is 8.46. The zero-order valence-corrected chi connectivity index (χ0v) is 19.9. The van der Waals surface area contributed by atoms with E-state index in [0.29, 0.717) is 12.1 Å². The van der Waals surface area contributed by atoms with E-state index in [2.05, 4.69) is 32.5 Å². The molecule has 32 heavy (non-hydrogen) atoms. The maximum atomic E-state index is 12.7. The maximum Gasteiger partial charge on any atom is 0.251 e. The van der Waals surface area contributed by atoms with Gasteiger partial charge in [-0.25, -0.2) is 0 Å². The molecule has 1 amide bonds. The molecule has 0 saturated carbocycles. The molecule has 0 unspecified atom stereocenters. The first-order valence-electron chi connectivity index (χ1n) is 10.9. The monoisotopic (exact) mass is 431 g/mol. The van der Waals surface area contributed by atoms with E-state index in [9.17, 15) is 4.79 Å². The molecule has 0 aliphatic rings. The number of nitrogens with zero attached hydrogens (tertiary/aromatic N) is 4. The average Bonchev–Trinajstić information content (AvgIpc) is 3.25. The van der Waals surface area contributed by atoms with Gasteiger partial charge in [0.1, 0.15) is 0 Å². The molecule has 2 aromatic heterocycles. The van der Waals surface area contributed by atoms with Gasteiger partial charge in [-0.05, 0) is 61.2 Å². The van der Waals surface area contributed by atoms with Gasteiger partial charge in [0.15, 0.2) is 0 Å². The molecule has 0 radical (unpaired) electrons. The summed E-state index contributed by atoms with van der Waals surface area (Å²) in [5.41, 5.74) is 6.88. The highest BCUT2D eigenvalue weighted by Crippen LogP contribution is 2.21. The molecule has 0 saturated heterocycles. The molecule has 168 valence electrons. The molecule has 1 N–H and O–H groups in total. The largest absolute Gasteiger partial charge is 0.348 e. The summed E-state index contributed by atoms with van der Waals surface area (Å²) in [7, 11) is 3.61. The van der Waals surface area contributed by atoms with Gasteiger partial charge in [0, 0.05) is 50.4 Å². The summed E-state index contributed by atoms with van der Waals surface area (Å²) in [4.78, 5) is 21.1.